The van der Waals surface area contributed by atoms with E-state index in [9.17, 15) is 10.1 Å². The first-order chi connectivity index (χ1) is 9.62. The van der Waals surface area contributed by atoms with Crippen molar-refractivity contribution in [2.24, 2.45) is 5.84 Å². The average Bonchev–Trinajstić information content (AvgIpc) is 2.93. The molecule has 0 atom stereocenters. The van der Waals surface area contributed by atoms with Gasteiger partial charge in [0, 0.05) is 11.3 Å². The van der Waals surface area contributed by atoms with Crippen LogP contribution in [-0.2, 0) is 0 Å². The Kier molecular flexibility index (Phi) is 4.61. The summed E-state index contributed by atoms with van der Waals surface area (Å²) in [5, 5.41) is 14.2. The number of hydrazine groups is 1. The molecule has 1 heterocycles. The molecule has 0 saturated heterocycles. The van der Waals surface area contributed by atoms with Crippen LogP contribution in [0.15, 0.2) is 6.33 Å². The van der Waals surface area contributed by atoms with Crippen LogP contribution in [0, 0.1) is 10.1 Å². The maximum Gasteiger partial charge on any atom is 0.354 e. The highest BCUT2D eigenvalue weighted by molar-refractivity contribution is 8.00. The second-order valence-corrected chi connectivity index (χ2v) is 6.04. The van der Waals surface area contributed by atoms with Crippen molar-refractivity contribution in [3.8, 4) is 0 Å². The van der Waals surface area contributed by atoms with Gasteiger partial charge in [-0.25, -0.2) is 15.8 Å². The summed E-state index contributed by atoms with van der Waals surface area (Å²) in [5.74, 6) is 5.47. The summed E-state index contributed by atoms with van der Waals surface area (Å²) in [4.78, 5) is 18.3. The van der Waals surface area contributed by atoms with Gasteiger partial charge in [-0.1, -0.05) is 12.8 Å². The number of hydrogen-bond donors (Lipinski definition) is 3. The third-order valence-electron chi connectivity index (χ3n) is 3.67. The van der Waals surface area contributed by atoms with Crippen LogP contribution in [0.4, 0.5) is 17.3 Å². The van der Waals surface area contributed by atoms with E-state index in [2.05, 4.69) is 27.0 Å². The van der Waals surface area contributed by atoms with Gasteiger partial charge in [0.15, 0.2) is 0 Å². The summed E-state index contributed by atoms with van der Waals surface area (Å²) in [6, 6.07) is 0. The third-order valence-corrected chi connectivity index (χ3v) is 5.09. The normalized spacial score (nSPS) is 16.9. The molecule has 110 valence electrons. The van der Waals surface area contributed by atoms with Gasteiger partial charge in [0.05, 0.1) is 4.92 Å². The van der Waals surface area contributed by atoms with Crippen LogP contribution in [0.25, 0.3) is 0 Å². The molecule has 4 N–H and O–H groups in total. The number of thioether (sulfide) groups is 1. The Morgan fingerprint density at radius 3 is 2.65 bits per heavy atom. The molecule has 1 aliphatic carbocycles. The van der Waals surface area contributed by atoms with Crippen molar-refractivity contribution in [1.82, 2.24) is 9.97 Å². The number of hydrogen-bond acceptors (Lipinski definition) is 8. The van der Waals surface area contributed by atoms with E-state index < -0.39 is 4.92 Å². The van der Waals surface area contributed by atoms with Gasteiger partial charge in [0.1, 0.15) is 6.33 Å². The molecule has 1 saturated carbocycles. The van der Waals surface area contributed by atoms with Crippen LogP contribution in [0.5, 0.6) is 0 Å². The van der Waals surface area contributed by atoms with E-state index in [4.69, 9.17) is 5.84 Å². The summed E-state index contributed by atoms with van der Waals surface area (Å²) in [7, 11) is 0. The molecule has 0 radical (unpaired) electrons. The zero-order valence-electron chi connectivity index (χ0n) is 11.3. The number of nitrogen functional groups attached to an aromatic ring is 1. The first kappa shape index (κ1) is 14.8. The minimum Gasteiger partial charge on any atom is -0.363 e. The highest BCUT2D eigenvalue weighted by atomic mass is 32.2. The fourth-order valence-corrected chi connectivity index (χ4v) is 3.42. The molecule has 0 unspecified atom stereocenters. The van der Waals surface area contributed by atoms with Crippen LogP contribution in [0.3, 0.4) is 0 Å². The highest BCUT2D eigenvalue weighted by Gasteiger charge is 2.34. The van der Waals surface area contributed by atoms with Crippen molar-refractivity contribution in [3.05, 3.63) is 16.4 Å². The lowest BCUT2D eigenvalue weighted by atomic mass is 10.1. The van der Waals surface area contributed by atoms with Crippen LogP contribution in [0.1, 0.15) is 25.7 Å². The van der Waals surface area contributed by atoms with Crippen molar-refractivity contribution in [3.63, 3.8) is 0 Å². The number of rotatable bonds is 6. The molecule has 8 nitrogen and oxygen atoms in total. The lowest BCUT2D eigenvalue weighted by Gasteiger charge is -2.27. The van der Waals surface area contributed by atoms with E-state index in [0.29, 0.717) is 6.54 Å². The summed E-state index contributed by atoms with van der Waals surface area (Å²) in [5.41, 5.74) is 2.01. The Labute approximate surface area is 121 Å². The van der Waals surface area contributed by atoms with Gasteiger partial charge in [-0.15, -0.1) is 0 Å². The van der Waals surface area contributed by atoms with Gasteiger partial charge in [-0.3, -0.25) is 10.1 Å². The standard InChI is InChI=1S/C11H18N6O2S/c1-20-11(4-2-3-5-11)6-13-9-8(17(18)19)10(16-12)15-7-14-9/h7H,2-6,12H2,1H3,(H2,13,14,15,16). The van der Waals surface area contributed by atoms with Crippen molar-refractivity contribution >= 4 is 29.1 Å². The Hall–Kier alpha value is -1.61. The molecule has 1 fully saturated rings. The van der Waals surface area contributed by atoms with Crippen LogP contribution >= 0.6 is 11.8 Å². The summed E-state index contributed by atoms with van der Waals surface area (Å²) in [6.07, 6.45) is 7.96. The predicted molar refractivity (Wildman–Crippen MR) is 79.7 cm³/mol. The highest BCUT2D eigenvalue weighted by Crippen LogP contribution is 2.40. The fourth-order valence-electron chi connectivity index (χ4n) is 2.50. The van der Waals surface area contributed by atoms with E-state index >= 15 is 0 Å². The van der Waals surface area contributed by atoms with Gasteiger partial charge in [0.2, 0.25) is 11.6 Å². The molecule has 0 bridgehead atoms. The van der Waals surface area contributed by atoms with E-state index in [1.807, 2.05) is 11.8 Å². The molecular formula is C11H18N6O2S. The lowest BCUT2D eigenvalue weighted by Crippen LogP contribution is -2.30. The maximum atomic E-state index is 11.1. The Morgan fingerprint density at radius 1 is 1.45 bits per heavy atom. The van der Waals surface area contributed by atoms with Crippen molar-refractivity contribution in [2.75, 3.05) is 23.5 Å². The summed E-state index contributed by atoms with van der Waals surface area (Å²) in [6.45, 7) is 0.649. The molecule has 1 aliphatic rings. The van der Waals surface area contributed by atoms with Crippen molar-refractivity contribution < 1.29 is 4.92 Å². The quantitative estimate of drug-likeness (QED) is 0.413. The molecule has 1 aromatic rings. The first-order valence-electron chi connectivity index (χ1n) is 6.37. The number of nitrogens with one attached hydrogen (secondary N) is 2. The summed E-state index contributed by atoms with van der Waals surface area (Å²) < 4.78 is 0.134. The fraction of sp³-hybridized carbons (Fsp3) is 0.636. The molecule has 0 aromatic carbocycles. The van der Waals surface area contributed by atoms with Crippen LogP contribution in [0.2, 0.25) is 0 Å². The topological polar surface area (TPSA) is 119 Å². The minimum absolute atomic E-state index is 0.0112. The second-order valence-electron chi connectivity index (χ2n) is 4.77. The Morgan fingerprint density at radius 2 is 2.10 bits per heavy atom. The molecule has 0 amide bonds. The molecule has 2 rings (SSSR count). The van der Waals surface area contributed by atoms with E-state index in [-0.39, 0.29) is 22.1 Å². The van der Waals surface area contributed by atoms with Crippen molar-refractivity contribution in [2.45, 2.75) is 30.4 Å². The largest absolute Gasteiger partial charge is 0.363 e. The van der Waals surface area contributed by atoms with E-state index in [1.165, 1.54) is 19.2 Å². The number of nitrogens with zero attached hydrogens (tertiary/aromatic N) is 3. The number of anilines is 2. The van der Waals surface area contributed by atoms with Gasteiger partial charge in [0.25, 0.3) is 0 Å². The van der Waals surface area contributed by atoms with Crippen LogP contribution in [-0.4, -0.2) is 32.4 Å². The zero-order valence-corrected chi connectivity index (χ0v) is 12.1. The molecule has 9 heteroatoms. The molecule has 0 aliphatic heterocycles. The third kappa shape index (κ3) is 2.93. The van der Waals surface area contributed by atoms with Gasteiger partial charge >= 0.3 is 5.69 Å². The maximum absolute atomic E-state index is 11.1. The minimum atomic E-state index is -0.530. The van der Waals surface area contributed by atoms with Gasteiger partial charge in [-0.2, -0.15) is 11.8 Å². The monoisotopic (exact) mass is 298 g/mol. The molecule has 20 heavy (non-hydrogen) atoms. The molecule has 0 spiro atoms. The van der Waals surface area contributed by atoms with Crippen molar-refractivity contribution in [1.29, 1.82) is 0 Å². The molecular weight excluding hydrogens is 280 g/mol. The predicted octanol–water partition coefficient (Wildman–Crippen LogP) is 1.76. The summed E-state index contributed by atoms with van der Waals surface area (Å²) >= 11 is 1.81. The first-order valence-corrected chi connectivity index (χ1v) is 7.59. The van der Waals surface area contributed by atoms with E-state index in [1.54, 1.807) is 0 Å². The van der Waals surface area contributed by atoms with E-state index in [0.717, 1.165) is 12.8 Å². The Balaban J connectivity index is 2.19. The van der Waals surface area contributed by atoms with Gasteiger partial charge in [-0.05, 0) is 19.1 Å². The average molecular weight is 298 g/mol. The number of nitro groups is 1. The Bertz CT molecular complexity index is 492. The lowest BCUT2D eigenvalue weighted by molar-refractivity contribution is -0.383. The molecule has 1 aromatic heterocycles. The number of aromatic nitrogens is 2. The smallest absolute Gasteiger partial charge is 0.354 e. The van der Waals surface area contributed by atoms with Gasteiger partial charge < -0.3 is 10.7 Å². The second kappa shape index (κ2) is 6.23. The number of nitrogens with two attached hydrogens (primary N) is 1. The SMILES string of the molecule is CSC1(CNc2ncnc(NN)c2[N+](=O)[O-])CCCC1. The zero-order chi connectivity index (χ0) is 14.6. The van der Waals surface area contributed by atoms with Crippen LogP contribution < -0.4 is 16.6 Å².